The lowest BCUT2D eigenvalue weighted by Crippen LogP contribution is -2.08. The minimum atomic E-state index is 0.514. The van der Waals surface area contributed by atoms with Crippen LogP contribution in [0.25, 0.3) is 0 Å². The number of hydrogen-bond donors (Lipinski definition) is 2. The van der Waals surface area contributed by atoms with Gasteiger partial charge in [-0.05, 0) is 30.5 Å². The Morgan fingerprint density at radius 1 is 1.64 bits per heavy atom. The van der Waals surface area contributed by atoms with Crippen molar-refractivity contribution in [2.24, 2.45) is 0 Å². The van der Waals surface area contributed by atoms with Crippen LogP contribution < -0.4 is 15.8 Å². The molecule has 0 radical (unpaired) electrons. The van der Waals surface area contributed by atoms with Gasteiger partial charge in [0.05, 0.1) is 12.8 Å². The molecule has 76 valence electrons. The van der Waals surface area contributed by atoms with Gasteiger partial charge >= 0.3 is 0 Å². The first-order chi connectivity index (χ1) is 6.81. The fourth-order valence-electron chi connectivity index (χ4n) is 1.82. The third-order valence-corrected chi connectivity index (χ3v) is 2.63. The Bertz CT molecular complexity index is 321. The van der Waals surface area contributed by atoms with E-state index in [9.17, 15) is 0 Å². The van der Waals surface area contributed by atoms with Gasteiger partial charge in [0, 0.05) is 12.7 Å². The van der Waals surface area contributed by atoms with E-state index >= 15 is 0 Å². The number of aromatic nitrogens is 1. The lowest BCUT2D eigenvalue weighted by molar-refractivity contribution is 0.400. The highest BCUT2D eigenvalue weighted by atomic mass is 16.5. The fourth-order valence-corrected chi connectivity index (χ4v) is 1.82. The molecule has 1 aliphatic rings. The van der Waals surface area contributed by atoms with Gasteiger partial charge < -0.3 is 15.8 Å². The topological polar surface area (TPSA) is 60.2 Å². The molecule has 3 N–H and O–H groups in total. The normalized spacial score (nSPS) is 21.1. The van der Waals surface area contributed by atoms with Crippen LogP contribution in [-0.4, -0.2) is 25.2 Å². The second-order valence-corrected chi connectivity index (χ2v) is 3.56. The molecule has 0 spiro atoms. The maximum absolute atomic E-state index is 5.79. The molecule has 1 saturated heterocycles. The summed E-state index contributed by atoms with van der Waals surface area (Å²) in [5.74, 6) is 1.07. The van der Waals surface area contributed by atoms with Gasteiger partial charge in [0.2, 0.25) is 5.88 Å². The number of rotatable bonds is 2. The Kier molecular flexibility index (Phi) is 2.54. The van der Waals surface area contributed by atoms with E-state index in [2.05, 4.69) is 10.3 Å². The molecule has 14 heavy (non-hydrogen) atoms. The Morgan fingerprint density at radius 3 is 3.07 bits per heavy atom. The molecule has 1 atom stereocenters. The van der Waals surface area contributed by atoms with Gasteiger partial charge in [-0.1, -0.05) is 0 Å². The second kappa shape index (κ2) is 3.84. The van der Waals surface area contributed by atoms with Crippen LogP contribution in [0.3, 0.4) is 0 Å². The van der Waals surface area contributed by atoms with Crippen molar-refractivity contribution in [2.75, 3.05) is 25.9 Å². The highest BCUT2D eigenvalue weighted by Crippen LogP contribution is 2.26. The van der Waals surface area contributed by atoms with Gasteiger partial charge in [0.1, 0.15) is 0 Å². The summed E-state index contributed by atoms with van der Waals surface area (Å²) in [5.41, 5.74) is 7.62. The molecule has 1 aromatic heterocycles. The smallest absolute Gasteiger partial charge is 0.236 e. The van der Waals surface area contributed by atoms with E-state index in [4.69, 9.17) is 10.5 Å². The van der Waals surface area contributed by atoms with Crippen LogP contribution >= 0.6 is 0 Å². The molecule has 2 heterocycles. The number of nitrogen functional groups attached to an aromatic ring is 1. The molecule has 4 nitrogen and oxygen atoms in total. The van der Waals surface area contributed by atoms with E-state index in [1.54, 1.807) is 7.11 Å². The predicted octanol–water partition coefficient (Wildman–Crippen LogP) is 0.749. The minimum absolute atomic E-state index is 0.514. The van der Waals surface area contributed by atoms with E-state index < -0.39 is 0 Å². The molecule has 1 aromatic rings. The molecule has 0 bridgehead atoms. The third kappa shape index (κ3) is 1.65. The van der Waals surface area contributed by atoms with Crippen LogP contribution in [0.15, 0.2) is 12.3 Å². The van der Waals surface area contributed by atoms with Crippen molar-refractivity contribution in [3.05, 3.63) is 17.8 Å². The number of anilines is 1. The minimum Gasteiger partial charge on any atom is -0.480 e. The van der Waals surface area contributed by atoms with Gasteiger partial charge in [0.25, 0.3) is 0 Å². The molecule has 1 unspecified atom stereocenters. The first-order valence-electron chi connectivity index (χ1n) is 4.81. The monoisotopic (exact) mass is 193 g/mol. The van der Waals surface area contributed by atoms with Crippen LogP contribution in [0.1, 0.15) is 17.9 Å². The molecule has 1 aliphatic heterocycles. The Hall–Kier alpha value is -1.29. The highest BCUT2D eigenvalue weighted by Gasteiger charge is 2.17. The fraction of sp³-hybridized carbons (Fsp3) is 0.500. The highest BCUT2D eigenvalue weighted by molar-refractivity contribution is 5.50. The third-order valence-electron chi connectivity index (χ3n) is 2.63. The first-order valence-corrected chi connectivity index (χ1v) is 4.81. The van der Waals surface area contributed by atoms with E-state index in [0.717, 1.165) is 19.5 Å². The summed E-state index contributed by atoms with van der Waals surface area (Å²) in [6.07, 6.45) is 3.01. The molecule has 0 aromatic carbocycles. The SMILES string of the molecule is COc1ncc(C2CCNC2)cc1N. The Morgan fingerprint density at radius 2 is 2.50 bits per heavy atom. The van der Waals surface area contributed by atoms with Crippen LogP contribution in [0.2, 0.25) is 0 Å². The number of nitrogens with one attached hydrogen (secondary N) is 1. The number of pyridine rings is 1. The van der Waals surface area contributed by atoms with E-state index in [-0.39, 0.29) is 0 Å². The number of nitrogens with two attached hydrogens (primary N) is 1. The van der Waals surface area contributed by atoms with Crippen molar-refractivity contribution in [2.45, 2.75) is 12.3 Å². The number of nitrogens with zero attached hydrogens (tertiary/aromatic N) is 1. The first kappa shape index (κ1) is 9.27. The molecule has 0 amide bonds. The quantitative estimate of drug-likeness (QED) is 0.727. The Balaban J connectivity index is 2.23. The molecular formula is C10H15N3O. The molecule has 2 rings (SSSR count). The zero-order valence-electron chi connectivity index (χ0n) is 8.29. The summed E-state index contributed by atoms with van der Waals surface area (Å²) in [6, 6.07) is 1.96. The summed E-state index contributed by atoms with van der Waals surface area (Å²) >= 11 is 0. The zero-order chi connectivity index (χ0) is 9.97. The maximum atomic E-state index is 5.79. The van der Waals surface area contributed by atoms with Crippen molar-refractivity contribution in [3.8, 4) is 5.88 Å². The van der Waals surface area contributed by atoms with E-state index in [1.165, 1.54) is 5.56 Å². The van der Waals surface area contributed by atoms with Crippen molar-refractivity contribution < 1.29 is 4.74 Å². The number of ether oxygens (including phenoxy) is 1. The van der Waals surface area contributed by atoms with Crippen LogP contribution in [-0.2, 0) is 0 Å². The van der Waals surface area contributed by atoms with Gasteiger partial charge in [-0.15, -0.1) is 0 Å². The van der Waals surface area contributed by atoms with Gasteiger partial charge in [-0.2, -0.15) is 0 Å². The van der Waals surface area contributed by atoms with Crippen molar-refractivity contribution in [1.29, 1.82) is 0 Å². The summed E-state index contributed by atoms with van der Waals surface area (Å²) in [7, 11) is 1.58. The average Bonchev–Trinajstić information content (AvgIpc) is 2.70. The Labute approximate surface area is 83.5 Å². The van der Waals surface area contributed by atoms with Gasteiger partial charge in [-0.25, -0.2) is 4.98 Å². The van der Waals surface area contributed by atoms with Gasteiger partial charge in [0.15, 0.2) is 0 Å². The zero-order valence-corrected chi connectivity index (χ0v) is 8.29. The predicted molar refractivity (Wildman–Crippen MR) is 55.4 cm³/mol. The van der Waals surface area contributed by atoms with Gasteiger partial charge in [-0.3, -0.25) is 0 Å². The molecule has 1 fully saturated rings. The average molecular weight is 193 g/mol. The van der Waals surface area contributed by atoms with E-state index in [1.807, 2.05) is 12.3 Å². The van der Waals surface area contributed by atoms with Crippen molar-refractivity contribution in [3.63, 3.8) is 0 Å². The van der Waals surface area contributed by atoms with Crippen molar-refractivity contribution in [1.82, 2.24) is 10.3 Å². The summed E-state index contributed by atoms with van der Waals surface area (Å²) in [6.45, 7) is 2.10. The number of methoxy groups -OCH3 is 1. The molecule has 0 saturated carbocycles. The summed E-state index contributed by atoms with van der Waals surface area (Å²) in [5, 5.41) is 3.32. The molecular weight excluding hydrogens is 178 g/mol. The standard InChI is InChI=1S/C10H15N3O/c1-14-10-9(11)4-8(6-13-10)7-2-3-12-5-7/h4,6-7,12H,2-3,5,11H2,1H3. The van der Waals surface area contributed by atoms with Crippen molar-refractivity contribution >= 4 is 5.69 Å². The van der Waals surface area contributed by atoms with Crippen LogP contribution in [0.4, 0.5) is 5.69 Å². The van der Waals surface area contributed by atoms with Crippen LogP contribution in [0.5, 0.6) is 5.88 Å². The molecule has 4 heteroatoms. The van der Waals surface area contributed by atoms with E-state index in [0.29, 0.717) is 17.5 Å². The molecule has 0 aliphatic carbocycles. The number of hydrogen-bond acceptors (Lipinski definition) is 4. The largest absolute Gasteiger partial charge is 0.480 e. The summed E-state index contributed by atoms with van der Waals surface area (Å²) in [4.78, 5) is 4.17. The van der Waals surface area contributed by atoms with Crippen LogP contribution in [0, 0.1) is 0 Å². The second-order valence-electron chi connectivity index (χ2n) is 3.56. The lowest BCUT2D eigenvalue weighted by Gasteiger charge is -2.10. The maximum Gasteiger partial charge on any atom is 0.236 e. The summed E-state index contributed by atoms with van der Waals surface area (Å²) < 4.78 is 5.01. The lowest BCUT2D eigenvalue weighted by atomic mass is 10.0.